The first-order valence-electron chi connectivity index (χ1n) is 3.33. The van der Waals surface area contributed by atoms with E-state index in [1.165, 1.54) is 6.92 Å². The van der Waals surface area contributed by atoms with Gasteiger partial charge in [-0.05, 0) is 6.42 Å². The van der Waals surface area contributed by atoms with Gasteiger partial charge < -0.3 is 5.11 Å². The Bertz CT molecular complexity index is 190. The molecule has 0 aromatic heterocycles. The average Bonchev–Trinajstić information content (AvgIpc) is 2.00. The highest BCUT2D eigenvalue weighted by molar-refractivity contribution is 5.72. The fraction of sp³-hybridized carbons (Fsp3) is 0.667. The van der Waals surface area contributed by atoms with E-state index < -0.39 is 17.9 Å². The number of carbonyl (C=O) groups excluding carboxylic acids is 1. The van der Waals surface area contributed by atoms with Crippen LogP contribution in [0.3, 0.4) is 0 Å². The molecule has 0 aliphatic heterocycles. The Kier molecular flexibility index (Phi) is 4.59. The third-order valence-corrected chi connectivity index (χ3v) is 1.34. The van der Waals surface area contributed by atoms with Crippen molar-refractivity contribution >= 4 is 11.9 Å². The van der Waals surface area contributed by atoms with Crippen molar-refractivity contribution in [3.8, 4) is 0 Å². The normalized spacial score (nSPS) is 11.8. The molecule has 0 fully saturated rings. The van der Waals surface area contributed by atoms with Crippen LogP contribution in [0.2, 0.25) is 0 Å². The zero-order valence-electron chi connectivity index (χ0n) is 6.52. The Hall–Kier alpha value is -1.46. The van der Waals surface area contributed by atoms with Crippen LogP contribution >= 0.6 is 0 Å². The van der Waals surface area contributed by atoms with Crippen molar-refractivity contribution in [2.45, 2.75) is 19.8 Å². The molecule has 0 radical (unpaired) electrons. The summed E-state index contributed by atoms with van der Waals surface area (Å²) in [6.45, 7) is 1.46. The van der Waals surface area contributed by atoms with Gasteiger partial charge in [-0.15, -0.1) is 4.91 Å². The van der Waals surface area contributed by atoms with Crippen molar-refractivity contribution in [3.63, 3.8) is 0 Å². The molecule has 6 nitrogen and oxygen atoms in total. The standard InChI is InChI=1S/C6H9NO5/c1-4(6(9)10)2-3-5(8)12-7-11/h4H,2-3H2,1H3,(H,9,10). The second kappa shape index (κ2) is 5.22. The first-order chi connectivity index (χ1) is 5.57. The zero-order chi connectivity index (χ0) is 9.56. The van der Waals surface area contributed by atoms with Gasteiger partial charge in [-0.25, -0.2) is 4.79 Å². The van der Waals surface area contributed by atoms with Crippen molar-refractivity contribution < 1.29 is 19.5 Å². The summed E-state index contributed by atoms with van der Waals surface area (Å²) in [7, 11) is 0. The van der Waals surface area contributed by atoms with Crippen LogP contribution in [-0.4, -0.2) is 17.0 Å². The van der Waals surface area contributed by atoms with Gasteiger partial charge in [0.05, 0.1) is 5.92 Å². The van der Waals surface area contributed by atoms with E-state index >= 15 is 0 Å². The van der Waals surface area contributed by atoms with Crippen LogP contribution in [0.25, 0.3) is 0 Å². The molecule has 0 aromatic rings. The van der Waals surface area contributed by atoms with Gasteiger partial charge in [0.25, 0.3) is 0 Å². The quantitative estimate of drug-likeness (QED) is 0.490. The van der Waals surface area contributed by atoms with Crippen molar-refractivity contribution in [2.75, 3.05) is 0 Å². The lowest BCUT2D eigenvalue weighted by Crippen LogP contribution is -2.11. The maximum Gasteiger partial charge on any atom is 0.338 e. The van der Waals surface area contributed by atoms with Gasteiger partial charge in [0, 0.05) is 6.42 Å². The van der Waals surface area contributed by atoms with Gasteiger partial charge in [-0.1, -0.05) is 6.92 Å². The van der Waals surface area contributed by atoms with Crippen molar-refractivity contribution in [2.24, 2.45) is 11.3 Å². The SMILES string of the molecule is CC(CCC(=O)ON=O)C(=O)O. The van der Waals surface area contributed by atoms with E-state index in [1.807, 2.05) is 5.34 Å². The third kappa shape index (κ3) is 4.37. The second-order valence-electron chi connectivity index (χ2n) is 2.32. The van der Waals surface area contributed by atoms with Crippen LogP contribution in [0.1, 0.15) is 19.8 Å². The highest BCUT2D eigenvalue weighted by Crippen LogP contribution is 2.06. The van der Waals surface area contributed by atoms with Gasteiger partial charge in [-0.3, -0.25) is 9.63 Å². The number of carbonyl (C=O) groups is 2. The average molecular weight is 175 g/mol. The highest BCUT2D eigenvalue weighted by Gasteiger charge is 2.13. The summed E-state index contributed by atoms with van der Waals surface area (Å²) in [4.78, 5) is 33.8. The predicted octanol–water partition coefficient (Wildman–Crippen LogP) is 0.712. The molecule has 0 rings (SSSR count). The molecule has 12 heavy (non-hydrogen) atoms. The molecule has 0 amide bonds. The number of aliphatic carboxylic acids is 1. The molecule has 1 unspecified atom stereocenters. The molecular weight excluding hydrogens is 166 g/mol. The fourth-order valence-corrected chi connectivity index (χ4v) is 0.545. The number of carboxylic acids is 1. The van der Waals surface area contributed by atoms with Crippen LogP contribution in [0.5, 0.6) is 0 Å². The van der Waals surface area contributed by atoms with E-state index in [0.29, 0.717) is 0 Å². The lowest BCUT2D eigenvalue weighted by atomic mass is 10.1. The topological polar surface area (TPSA) is 93.0 Å². The van der Waals surface area contributed by atoms with Crippen molar-refractivity contribution in [1.82, 2.24) is 0 Å². The minimum absolute atomic E-state index is 0.112. The summed E-state index contributed by atoms with van der Waals surface area (Å²) < 4.78 is 0. The minimum atomic E-state index is -0.984. The van der Waals surface area contributed by atoms with Crippen LogP contribution in [0.4, 0.5) is 0 Å². The summed E-state index contributed by atoms with van der Waals surface area (Å²) in [5, 5.41) is 10.3. The number of hydrogen-bond acceptors (Lipinski definition) is 5. The van der Waals surface area contributed by atoms with Gasteiger partial charge in [-0.2, -0.15) is 0 Å². The molecule has 6 heteroatoms. The smallest absolute Gasteiger partial charge is 0.338 e. The lowest BCUT2D eigenvalue weighted by Gasteiger charge is -2.01. The van der Waals surface area contributed by atoms with Gasteiger partial charge in [0.2, 0.25) is 0 Å². The van der Waals surface area contributed by atoms with E-state index in [9.17, 15) is 14.5 Å². The van der Waals surface area contributed by atoms with E-state index in [1.54, 1.807) is 0 Å². The molecule has 0 aromatic carbocycles. The molecule has 0 aliphatic carbocycles. The molecule has 0 saturated heterocycles. The van der Waals surface area contributed by atoms with Gasteiger partial charge >= 0.3 is 11.9 Å². The van der Waals surface area contributed by atoms with E-state index in [2.05, 4.69) is 4.84 Å². The maximum atomic E-state index is 10.5. The summed E-state index contributed by atoms with van der Waals surface area (Å²) in [5.41, 5.74) is 0. The molecule has 1 N–H and O–H groups in total. The molecule has 0 saturated carbocycles. The Morgan fingerprint density at radius 1 is 1.58 bits per heavy atom. The largest absolute Gasteiger partial charge is 0.481 e. The second-order valence-corrected chi connectivity index (χ2v) is 2.32. The van der Waals surface area contributed by atoms with Crippen LogP contribution in [0, 0.1) is 10.8 Å². The van der Waals surface area contributed by atoms with Gasteiger partial charge in [0.1, 0.15) is 0 Å². The van der Waals surface area contributed by atoms with Crippen molar-refractivity contribution in [1.29, 1.82) is 0 Å². The summed E-state index contributed by atoms with van der Waals surface area (Å²) in [5.74, 6) is -2.41. The summed E-state index contributed by atoms with van der Waals surface area (Å²) >= 11 is 0. The number of carboxylic acid groups (broad SMARTS) is 1. The van der Waals surface area contributed by atoms with Crippen LogP contribution in [0.15, 0.2) is 5.34 Å². The lowest BCUT2D eigenvalue weighted by molar-refractivity contribution is -0.145. The van der Waals surface area contributed by atoms with Crippen LogP contribution in [-0.2, 0) is 14.4 Å². The van der Waals surface area contributed by atoms with Crippen molar-refractivity contribution in [3.05, 3.63) is 4.91 Å². The molecule has 68 valence electrons. The van der Waals surface area contributed by atoms with E-state index in [0.717, 1.165) is 0 Å². The van der Waals surface area contributed by atoms with E-state index in [4.69, 9.17) is 5.11 Å². The first-order valence-corrected chi connectivity index (χ1v) is 3.33. The van der Waals surface area contributed by atoms with Gasteiger partial charge in [0.15, 0.2) is 5.34 Å². The summed E-state index contributed by atoms with van der Waals surface area (Å²) in [6, 6.07) is 0. The maximum absolute atomic E-state index is 10.5. The Morgan fingerprint density at radius 3 is 2.58 bits per heavy atom. The number of hydrogen-bond donors (Lipinski definition) is 1. The predicted molar refractivity (Wildman–Crippen MR) is 37.9 cm³/mol. The number of nitrogens with zero attached hydrogens (tertiary/aromatic N) is 1. The zero-order valence-corrected chi connectivity index (χ0v) is 6.52. The molecule has 0 heterocycles. The Labute approximate surface area is 68.4 Å². The molecule has 0 aliphatic rings. The minimum Gasteiger partial charge on any atom is -0.481 e. The molecule has 0 spiro atoms. The Balaban J connectivity index is 3.60. The third-order valence-electron chi connectivity index (χ3n) is 1.34. The summed E-state index contributed by atoms with van der Waals surface area (Å²) in [6.07, 6.45) is 0.0306. The van der Waals surface area contributed by atoms with E-state index in [-0.39, 0.29) is 12.8 Å². The Morgan fingerprint density at radius 2 is 2.17 bits per heavy atom. The monoisotopic (exact) mass is 175 g/mol. The first kappa shape index (κ1) is 10.5. The number of rotatable bonds is 5. The molecular formula is C6H9NO5. The van der Waals surface area contributed by atoms with Crippen LogP contribution < -0.4 is 0 Å². The molecule has 0 bridgehead atoms. The highest BCUT2D eigenvalue weighted by atomic mass is 16.7. The molecule has 1 atom stereocenters. The fourth-order valence-electron chi connectivity index (χ4n) is 0.545.